The average molecular weight is 248 g/mol. The van der Waals surface area contributed by atoms with Crippen molar-refractivity contribution in [1.29, 1.82) is 0 Å². The van der Waals surface area contributed by atoms with Crippen LogP contribution >= 0.6 is 0 Å². The molecule has 1 aromatic rings. The van der Waals surface area contributed by atoms with E-state index < -0.39 is 0 Å². The summed E-state index contributed by atoms with van der Waals surface area (Å²) >= 11 is 0. The van der Waals surface area contributed by atoms with Crippen LogP contribution in [0.5, 0.6) is 5.75 Å². The Kier molecular flexibility index (Phi) is 4.25. The first kappa shape index (κ1) is 13.4. The van der Waals surface area contributed by atoms with E-state index in [1.165, 1.54) is 5.56 Å². The van der Waals surface area contributed by atoms with Crippen molar-refractivity contribution in [3.8, 4) is 5.75 Å². The molecule has 0 bridgehead atoms. The number of aromatic hydroxyl groups is 1. The summed E-state index contributed by atoms with van der Waals surface area (Å²) in [5, 5.41) is 9.89. The molecule has 3 nitrogen and oxygen atoms in total. The van der Waals surface area contributed by atoms with Crippen LogP contribution in [-0.2, 0) is 6.54 Å². The van der Waals surface area contributed by atoms with E-state index in [-0.39, 0.29) is 0 Å². The van der Waals surface area contributed by atoms with Gasteiger partial charge in [0.15, 0.2) is 0 Å². The molecule has 0 spiro atoms. The monoisotopic (exact) mass is 248 g/mol. The van der Waals surface area contributed by atoms with Gasteiger partial charge in [-0.25, -0.2) is 0 Å². The number of hydrogen-bond acceptors (Lipinski definition) is 3. The Morgan fingerprint density at radius 2 is 2.11 bits per heavy atom. The largest absolute Gasteiger partial charge is 0.508 e. The van der Waals surface area contributed by atoms with Gasteiger partial charge in [0, 0.05) is 37.8 Å². The molecule has 1 N–H and O–H groups in total. The van der Waals surface area contributed by atoms with Gasteiger partial charge in [-0.2, -0.15) is 0 Å². The Morgan fingerprint density at radius 1 is 1.33 bits per heavy atom. The van der Waals surface area contributed by atoms with E-state index in [2.05, 4.69) is 36.6 Å². The molecule has 0 radical (unpaired) electrons. The van der Waals surface area contributed by atoms with Crippen LogP contribution in [0, 0.1) is 6.92 Å². The number of likely N-dealkylation sites (N-methyl/N-ethyl adjacent to an activating group) is 1. The third-order valence-corrected chi connectivity index (χ3v) is 3.88. The second-order valence-corrected chi connectivity index (χ2v) is 5.34. The molecule has 1 saturated heterocycles. The smallest absolute Gasteiger partial charge is 0.120 e. The van der Waals surface area contributed by atoms with Gasteiger partial charge in [0.1, 0.15) is 5.75 Å². The van der Waals surface area contributed by atoms with Crippen LogP contribution in [-0.4, -0.2) is 47.1 Å². The number of nitrogens with zero attached hydrogens (tertiary/aromatic N) is 2. The molecule has 18 heavy (non-hydrogen) atoms. The fourth-order valence-electron chi connectivity index (χ4n) is 2.77. The minimum Gasteiger partial charge on any atom is -0.508 e. The standard InChI is InChI=1S/C15H24N2O/c1-4-17-8-7-16(10-13(17)3)11-14-9-12(2)5-6-15(14)18/h5-6,9,13,18H,4,7-8,10-11H2,1-3H3. The lowest BCUT2D eigenvalue weighted by molar-refractivity contribution is 0.0829. The molecule has 100 valence electrons. The minimum absolute atomic E-state index is 0.422. The zero-order valence-corrected chi connectivity index (χ0v) is 11.7. The lowest BCUT2D eigenvalue weighted by Gasteiger charge is -2.39. The first-order chi connectivity index (χ1) is 8.60. The number of benzene rings is 1. The van der Waals surface area contributed by atoms with Gasteiger partial charge in [0.25, 0.3) is 0 Å². The van der Waals surface area contributed by atoms with Gasteiger partial charge >= 0.3 is 0 Å². The van der Waals surface area contributed by atoms with Crippen molar-refractivity contribution >= 4 is 0 Å². The predicted octanol–water partition coefficient (Wildman–Crippen LogP) is 2.23. The normalized spacial score (nSPS) is 22.3. The number of phenols is 1. The summed E-state index contributed by atoms with van der Waals surface area (Å²) in [6.07, 6.45) is 0. The molecule has 1 fully saturated rings. The van der Waals surface area contributed by atoms with Crippen LogP contribution in [0.3, 0.4) is 0 Å². The molecule has 1 heterocycles. The zero-order chi connectivity index (χ0) is 13.1. The van der Waals surface area contributed by atoms with Crippen molar-refractivity contribution in [1.82, 2.24) is 9.80 Å². The molecule has 0 amide bonds. The first-order valence-electron chi connectivity index (χ1n) is 6.85. The maximum absolute atomic E-state index is 9.89. The highest BCUT2D eigenvalue weighted by Gasteiger charge is 2.22. The van der Waals surface area contributed by atoms with Gasteiger partial charge in [-0.1, -0.05) is 24.6 Å². The van der Waals surface area contributed by atoms with Crippen LogP contribution in [0.15, 0.2) is 18.2 Å². The van der Waals surface area contributed by atoms with E-state index >= 15 is 0 Å². The Hall–Kier alpha value is -1.06. The van der Waals surface area contributed by atoms with Crippen molar-refractivity contribution in [3.05, 3.63) is 29.3 Å². The van der Waals surface area contributed by atoms with E-state index in [0.717, 1.165) is 38.3 Å². The summed E-state index contributed by atoms with van der Waals surface area (Å²) < 4.78 is 0. The number of hydrogen-bond donors (Lipinski definition) is 1. The molecule has 1 aliphatic rings. The summed E-state index contributed by atoms with van der Waals surface area (Å²) in [5.41, 5.74) is 2.26. The molecule has 0 aromatic heterocycles. The van der Waals surface area contributed by atoms with Gasteiger partial charge in [0.05, 0.1) is 0 Å². The molecule has 1 unspecified atom stereocenters. The van der Waals surface area contributed by atoms with Crippen LogP contribution in [0.25, 0.3) is 0 Å². The Morgan fingerprint density at radius 3 is 2.78 bits per heavy atom. The van der Waals surface area contributed by atoms with Crippen molar-refractivity contribution in [2.24, 2.45) is 0 Å². The molecule has 2 rings (SSSR count). The second kappa shape index (κ2) is 5.72. The quantitative estimate of drug-likeness (QED) is 0.888. The summed E-state index contributed by atoms with van der Waals surface area (Å²) in [4.78, 5) is 4.94. The van der Waals surface area contributed by atoms with Gasteiger partial charge in [-0.15, -0.1) is 0 Å². The Labute approximate surface area is 110 Å². The van der Waals surface area contributed by atoms with Crippen LogP contribution in [0.4, 0.5) is 0 Å². The third-order valence-electron chi connectivity index (χ3n) is 3.88. The molecule has 0 saturated carbocycles. The molecule has 1 aliphatic heterocycles. The average Bonchev–Trinajstić information content (AvgIpc) is 2.34. The summed E-state index contributed by atoms with van der Waals surface area (Å²) in [6.45, 7) is 11.9. The number of piperazine rings is 1. The Bertz CT molecular complexity index is 405. The van der Waals surface area contributed by atoms with Gasteiger partial charge in [-0.3, -0.25) is 9.80 Å². The SMILES string of the molecule is CCN1CCN(Cc2cc(C)ccc2O)CC1C. The van der Waals surface area contributed by atoms with Crippen molar-refractivity contribution in [2.75, 3.05) is 26.2 Å². The highest BCUT2D eigenvalue weighted by Crippen LogP contribution is 2.21. The molecular weight excluding hydrogens is 224 g/mol. The molecular formula is C15H24N2O. The highest BCUT2D eigenvalue weighted by atomic mass is 16.3. The van der Waals surface area contributed by atoms with E-state index in [0.29, 0.717) is 11.8 Å². The number of aryl methyl sites for hydroxylation is 1. The lowest BCUT2D eigenvalue weighted by Crippen LogP contribution is -2.51. The Balaban J connectivity index is 2.00. The van der Waals surface area contributed by atoms with Gasteiger partial charge < -0.3 is 5.11 Å². The van der Waals surface area contributed by atoms with E-state index in [9.17, 15) is 5.11 Å². The summed E-state index contributed by atoms with van der Waals surface area (Å²) in [5.74, 6) is 0.422. The van der Waals surface area contributed by atoms with Crippen molar-refractivity contribution in [2.45, 2.75) is 33.4 Å². The molecule has 1 aromatic carbocycles. The highest BCUT2D eigenvalue weighted by molar-refractivity contribution is 5.35. The lowest BCUT2D eigenvalue weighted by atomic mass is 10.1. The van der Waals surface area contributed by atoms with Crippen LogP contribution in [0.2, 0.25) is 0 Å². The number of phenolic OH excluding ortho intramolecular Hbond substituents is 1. The maximum Gasteiger partial charge on any atom is 0.120 e. The summed E-state index contributed by atoms with van der Waals surface area (Å²) in [6, 6.07) is 6.45. The molecule has 1 atom stereocenters. The summed E-state index contributed by atoms with van der Waals surface area (Å²) in [7, 11) is 0. The van der Waals surface area contributed by atoms with Crippen LogP contribution in [0.1, 0.15) is 25.0 Å². The van der Waals surface area contributed by atoms with E-state index in [1.807, 2.05) is 6.07 Å². The van der Waals surface area contributed by atoms with Crippen LogP contribution < -0.4 is 0 Å². The molecule has 0 aliphatic carbocycles. The molecule has 3 heteroatoms. The topological polar surface area (TPSA) is 26.7 Å². The van der Waals surface area contributed by atoms with E-state index in [4.69, 9.17) is 0 Å². The second-order valence-electron chi connectivity index (χ2n) is 5.34. The minimum atomic E-state index is 0.422. The first-order valence-corrected chi connectivity index (χ1v) is 6.85. The van der Waals surface area contributed by atoms with Gasteiger partial charge in [-0.05, 0) is 26.5 Å². The van der Waals surface area contributed by atoms with Crippen molar-refractivity contribution < 1.29 is 5.11 Å². The number of rotatable bonds is 3. The van der Waals surface area contributed by atoms with E-state index in [1.54, 1.807) is 6.07 Å². The fourth-order valence-corrected chi connectivity index (χ4v) is 2.77. The predicted molar refractivity (Wildman–Crippen MR) is 74.8 cm³/mol. The van der Waals surface area contributed by atoms with Gasteiger partial charge in [0.2, 0.25) is 0 Å². The third kappa shape index (κ3) is 3.03. The maximum atomic E-state index is 9.89. The fraction of sp³-hybridized carbons (Fsp3) is 0.600. The zero-order valence-electron chi connectivity index (χ0n) is 11.7. The van der Waals surface area contributed by atoms with Crippen molar-refractivity contribution in [3.63, 3.8) is 0 Å².